The van der Waals surface area contributed by atoms with Crippen molar-refractivity contribution in [3.63, 3.8) is 0 Å². The summed E-state index contributed by atoms with van der Waals surface area (Å²) in [5.41, 5.74) is 3.91. The van der Waals surface area contributed by atoms with Gasteiger partial charge in [0, 0.05) is 22.6 Å². The molecule has 2 amide bonds. The first-order chi connectivity index (χ1) is 15.1. The number of amides is 2. The standard InChI is InChI=1S/C25H27N3O3/c1-3-18-7-5-6-8-23(18)28-24(29)17-26-20-11-9-19(10-12-20)25(30)27-21-13-15-22(16-14-21)31-4-2/h5-16,26H,3-4,17H2,1-2H3,(H,27,30)(H,28,29). The molecular formula is C25H27N3O3. The van der Waals surface area contributed by atoms with E-state index >= 15 is 0 Å². The summed E-state index contributed by atoms with van der Waals surface area (Å²) in [7, 11) is 0. The zero-order valence-electron chi connectivity index (χ0n) is 17.8. The van der Waals surface area contributed by atoms with Crippen LogP contribution < -0.4 is 20.7 Å². The Hall–Kier alpha value is -3.80. The number of nitrogens with one attached hydrogen (secondary N) is 3. The van der Waals surface area contributed by atoms with Crippen molar-refractivity contribution in [2.75, 3.05) is 29.1 Å². The van der Waals surface area contributed by atoms with E-state index in [0.29, 0.717) is 17.9 Å². The Kier molecular flexibility index (Phi) is 7.65. The van der Waals surface area contributed by atoms with Gasteiger partial charge in [-0.05, 0) is 73.5 Å². The Bertz CT molecular complexity index is 1010. The van der Waals surface area contributed by atoms with Crippen molar-refractivity contribution in [3.8, 4) is 5.75 Å². The quantitative estimate of drug-likeness (QED) is 0.460. The van der Waals surface area contributed by atoms with Crippen molar-refractivity contribution in [1.82, 2.24) is 0 Å². The number of ether oxygens (including phenoxy) is 1. The van der Waals surface area contributed by atoms with E-state index in [2.05, 4.69) is 22.9 Å². The molecule has 0 aliphatic carbocycles. The van der Waals surface area contributed by atoms with Crippen LogP contribution in [0, 0.1) is 0 Å². The minimum absolute atomic E-state index is 0.127. The summed E-state index contributed by atoms with van der Waals surface area (Å²) < 4.78 is 5.40. The molecule has 3 aromatic rings. The van der Waals surface area contributed by atoms with Crippen LogP contribution >= 0.6 is 0 Å². The van der Waals surface area contributed by atoms with E-state index in [1.54, 1.807) is 36.4 Å². The largest absolute Gasteiger partial charge is 0.494 e. The maximum absolute atomic E-state index is 12.4. The highest BCUT2D eigenvalue weighted by molar-refractivity contribution is 6.04. The van der Waals surface area contributed by atoms with E-state index in [9.17, 15) is 9.59 Å². The lowest BCUT2D eigenvalue weighted by Gasteiger charge is -2.11. The Labute approximate surface area is 182 Å². The van der Waals surface area contributed by atoms with Crippen LogP contribution in [0.4, 0.5) is 17.1 Å². The number of aryl methyl sites for hydroxylation is 1. The minimum Gasteiger partial charge on any atom is -0.494 e. The lowest BCUT2D eigenvalue weighted by Crippen LogP contribution is -2.22. The Morgan fingerprint density at radius 1 is 0.806 bits per heavy atom. The van der Waals surface area contributed by atoms with Crippen molar-refractivity contribution < 1.29 is 14.3 Å². The molecule has 0 fully saturated rings. The van der Waals surface area contributed by atoms with Gasteiger partial charge in [0.15, 0.2) is 0 Å². The van der Waals surface area contributed by atoms with Crippen molar-refractivity contribution in [3.05, 3.63) is 83.9 Å². The number of hydrogen-bond donors (Lipinski definition) is 3. The van der Waals surface area contributed by atoms with Crippen LogP contribution in [-0.4, -0.2) is 25.0 Å². The number of hydrogen-bond acceptors (Lipinski definition) is 4. The number of rotatable bonds is 9. The van der Waals surface area contributed by atoms with E-state index in [4.69, 9.17) is 4.74 Å². The molecule has 3 rings (SSSR count). The van der Waals surface area contributed by atoms with Crippen LogP contribution in [0.5, 0.6) is 5.75 Å². The third-order valence-corrected chi connectivity index (χ3v) is 4.70. The first-order valence-electron chi connectivity index (χ1n) is 10.3. The second-order valence-corrected chi connectivity index (χ2v) is 6.90. The predicted octanol–water partition coefficient (Wildman–Crippen LogP) is 4.95. The van der Waals surface area contributed by atoms with Gasteiger partial charge in [-0.15, -0.1) is 0 Å². The van der Waals surface area contributed by atoms with Gasteiger partial charge in [0.25, 0.3) is 5.91 Å². The summed E-state index contributed by atoms with van der Waals surface area (Å²) >= 11 is 0. The van der Waals surface area contributed by atoms with Gasteiger partial charge < -0.3 is 20.7 Å². The van der Waals surface area contributed by atoms with Gasteiger partial charge in [0.2, 0.25) is 5.91 Å². The summed E-state index contributed by atoms with van der Waals surface area (Å²) in [5.74, 6) is 0.431. The first kappa shape index (κ1) is 21.9. The van der Waals surface area contributed by atoms with Gasteiger partial charge in [-0.1, -0.05) is 25.1 Å². The maximum Gasteiger partial charge on any atom is 0.255 e. The smallest absolute Gasteiger partial charge is 0.255 e. The average molecular weight is 418 g/mol. The fourth-order valence-electron chi connectivity index (χ4n) is 3.07. The third-order valence-electron chi connectivity index (χ3n) is 4.70. The summed E-state index contributed by atoms with van der Waals surface area (Å²) in [6.07, 6.45) is 0.851. The van der Waals surface area contributed by atoms with Crippen LogP contribution in [0.3, 0.4) is 0 Å². The number of carbonyl (C=O) groups is 2. The Morgan fingerprint density at radius 2 is 1.48 bits per heavy atom. The zero-order valence-corrected chi connectivity index (χ0v) is 17.8. The van der Waals surface area contributed by atoms with E-state index in [-0.39, 0.29) is 18.4 Å². The molecule has 3 N–H and O–H groups in total. The molecule has 0 radical (unpaired) electrons. The molecule has 0 aliphatic heterocycles. The Morgan fingerprint density at radius 3 is 2.16 bits per heavy atom. The molecule has 0 heterocycles. The maximum atomic E-state index is 12.4. The lowest BCUT2D eigenvalue weighted by molar-refractivity contribution is -0.114. The van der Waals surface area contributed by atoms with Gasteiger partial charge in [-0.25, -0.2) is 0 Å². The SMILES string of the molecule is CCOc1ccc(NC(=O)c2ccc(NCC(=O)Nc3ccccc3CC)cc2)cc1. The summed E-state index contributed by atoms with van der Waals surface area (Å²) in [5, 5.41) is 8.86. The molecule has 3 aromatic carbocycles. The number of para-hydroxylation sites is 1. The molecule has 0 bridgehead atoms. The van der Waals surface area contributed by atoms with Gasteiger partial charge in [-0.3, -0.25) is 9.59 Å². The molecule has 0 atom stereocenters. The molecule has 160 valence electrons. The predicted molar refractivity (Wildman–Crippen MR) is 125 cm³/mol. The van der Waals surface area contributed by atoms with Crippen molar-refractivity contribution >= 4 is 28.9 Å². The molecule has 0 spiro atoms. The topological polar surface area (TPSA) is 79.5 Å². The molecule has 6 heteroatoms. The van der Waals surface area contributed by atoms with Gasteiger partial charge in [0.05, 0.1) is 13.2 Å². The van der Waals surface area contributed by atoms with Gasteiger partial charge in [0.1, 0.15) is 5.75 Å². The van der Waals surface area contributed by atoms with Crippen LogP contribution in [0.2, 0.25) is 0 Å². The molecule has 31 heavy (non-hydrogen) atoms. The zero-order chi connectivity index (χ0) is 22.1. The normalized spacial score (nSPS) is 10.3. The molecule has 0 unspecified atom stereocenters. The molecular weight excluding hydrogens is 390 g/mol. The highest BCUT2D eigenvalue weighted by Crippen LogP contribution is 2.18. The fourth-order valence-corrected chi connectivity index (χ4v) is 3.07. The summed E-state index contributed by atoms with van der Waals surface area (Å²) in [6, 6.07) is 22.0. The number of benzene rings is 3. The summed E-state index contributed by atoms with van der Waals surface area (Å²) in [6.45, 7) is 4.71. The molecule has 0 saturated heterocycles. The monoisotopic (exact) mass is 417 g/mol. The fraction of sp³-hybridized carbons (Fsp3) is 0.200. The van der Waals surface area contributed by atoms with Gasteiger partial charge in [-0.2, -0.15) is 0 Å². The third kappa shape index (κ3) is 6.34. The van der Waals surface area contributed by atoms with Crippen molar-refractivity contribution in [1.29, 1.82) is 0 Å². The molecule has 0 saturated carbocycles. The Balaban J connectivity index is 1.51. The second-order valence-electron chi connectivity index (χ2n) is 6.90. The number of carbonyl (C=O) groups excluding carboxylic acids is 2. The van der Waals surface area contributed by atoms with E-state index in [1.165, 1.54) is 0 Å². The van der Waals surface area contributed by atoms with Crippen LogP contribution in [-0.2, 0) is 11.2 Å². The van der Waals surface area contributed by atoms with Crippen molar-refractivity contribution in [2.24, 2.45) is 0 Å². The summed E-state index contributed by atoms with van der Waals surface area (Å²) in [4.78, 5) is 24.7. The number of anilines is 3. The molecule has 0 aromatic heterocycles. The van der Waals surface area contributed by atoms with Crippen molar-refractivity contribution in [2.45, 2.75) is 20.3 Å². The first-order valence-corrected chi connectivity index (χ1v) is 10.3. The minimum atomic E-state index is -0.204. The second kappa shape index (κ2) is 10.8. The van der Waals surface area contributed by atoms with Gasteiger partial charge >= 0.3 is 0 Å². The van der Waals surface area contributed by atoms with Crippen LogP contribution in [0.15, 0.2) is 72.8 Å². The molecule has 0 aliphatic rings. The van der Waals surface area contributed by atoms with E-state index < -0.39 is 0 Å². The highest BCUT2D eigenvalue weighted by atomic mass is 16.5. The molecule has 6 nitrogen and oxygen atoms in total. The lowest BCUT2D eigenvalue weighted by atomic mass is 10.1. The van der Waals surface area contributed by atoms with E-state index in [0.717, 1.165) is 29.1 Å². The highest BCUT2D eigenvalue weighted by Gasteiger charge is 2.08. The average Bonchev–Trinajstić information content (AvgIpc) is 2.80. The van der Waals surface area contributed by atoms with Crippen LogP contribution in [0.1, 0.15) is 29.8 Å². The van der Waals surface area contributed by atoms with E-state index in [1.807, 2.05) is 43.3 Å². The van der Waals surface area contributed by atoms with Crippen LogP contribution in [0.25, 0.3) is 0 Å².